The van der Waals surface area contributed by atoms with Crippen LogP contribution in [0, 0.1) is 5.82 Å². The first-order valence-electron chi connectivity index (χ1n) is 5.38. The third-order valence-electron chi connectivity index (χ3n) is 2.59. The van der Waals surface area contributed by atoms with Gasteiger partial charge in [-0.3, -0.25) is 4.98 Å². The highest BCUT2D eigenvalue weighted by Gasteiger charge is 2.07. The molecule has 4 heteroatoms. The summed E-state index contributed by atoms with van der Waals surface area (Å²) in [7, 11) is 0. The lowest BCUT2D eigenvalue weighted by Gasteiger charge is -2.16. The molecule has 3 nitrogen and oxygen atoms in total. The minimum atomic E-state index is -0.329. The van der Waals surface area contributed by atoms with E-state index in [1.54, 1.807) is 18.5 Å². The highest BCUT2D eigenvalue weighted by atomic mass is 19.1. The van der Waals surface area contributed by atoms with Crippen LogP contribution >= 0.6 is 0 Å². The molecule has 17 heavy (non-hydrogen) atoms. The number of rotatable bonds is 3. The molecule has 0 saturated carbocycles. The Hall–Kier alpha value is -2.10. The molecule has 2 rings (SSSR count). The van der Waals surface area contributed by atoms with E-state index in [4.69, 9.17) is 5.73 Å². The largest absolute Gasteiger partial charge is 0.397 e. The van der Waals surface area contributed by atoms with Crippen molar-refractivity contribution in [3.05, 3.63) is 54.1 Å². The van der Waals surface area contributed by atoms with Crippen molar-refractivity contribution in [2.75, 3.05) is 11.1 Å². The summed E-state index contributed by atoms with van der Waals surface area (Å²) in [5, 5.41) is 3.23. The molecule has 0 saturated heterocycles. The Labute approximate surface area is 99.5 Å². The normalized spacial score (nSPS) is 12.1. The fourth-order valence-electron chi connectivity index (χ4n) is 1.63. The van der Waals surface area contributed by atoms with Crippen molar-refractivity contribution in [1.29, 1.82) is 0 Å². The molecule has 0 spiro atoms. The molecule has 2 aromatic rings. The lowest BCUT2D eigenvalue weighted by Crippen LogP contribution is -2.08. The zero-order valence-electron chi connectivity index (χ0n) is 9.52. The van der Waals surface area contributed by atoms with Gasteiger partial charge in [-0.15, -0.1) is 0 Å². The van der Waals surface area contributed by atoms with Gasteiger partial charge in [0.05, 0.1) is 11.4 Å². The summed E-state index contributed by atoms with van der Waals surface area (Å²) in [5.74, 6) is -0.329. The van der Waals surface area contributed by atoms with Crippen molar-refractivity contribution in [1.82, 2.24) is 4.98 Å². The first kappa shape index (κ1) is 11.4. The fourth-order valence-corrected chi connectivity index (χ4v) is 1.63. The molecular formula is C13H14FN3. The first-order chi connectivity index (χ1) is 8.16. The van der Waals surface area contributed by atoms with Crippen molar-refractivity contribution >= 4 is 11.4 Å². The summed E-state index contributed by atoms with van der Waals surface area (Å²) in [5.41, 5.74) is 7.97. The Morgan fingerprint density at radius 3 is 2.59 bits per heavy atom. The van der Waals surface area contributed by atoms with Crippen LogP contribution in [0.25, 0.3) is 0 Å². The van der Waals surface area contributed by atoms with E-state index in [0.29, 0.717) is 5.69 Å². The molecule has 0 aliphatic heterocycles. The number of aromatic nitrogens is 1. The quantitative estimate of drug-likeness (QED) is 0.798. The van der Waals surface area contributed by atoms with Crippen molar-refractivity contribution in [3.8, 4) is 0 Å². The molecule has 1 aromatic carbocycles. The number of halogens is 1. The molecule has 0 amide bonds. The molecule has 0 aliphatic carbocycles. The molecule has 0 bridgehead atoms. The van der Waals surface area contributed by atoms with E-state index in [0.717, 1.165) is 11.3 Å². The number of nitrogen functional groups attached to an aromatic ring is 1. The Kier molecular flexibility index (Phi) is 3.23. The Bertz CT molecular complexity index is 499. The van der Waals surface area contributed by atoms with Gasteiger partial charge in [0.15, 0.2) is 0 Å². The van der Waals surface area contributed by atoms with Gasteiger partial charge < -0.3 is 11.1 Å². The molecule has 0 radical (unpaired) electrons. The van der Waals surface area contributed by atoms with Crippen molar-refractivity contribution in [2.45, 2.75) is 13.0 Å². The standard InChI is InChI=1S/C13H14FN3/c1-9(10-4-6-16-7-5-10)17-13-3-2-11(14)8-12(13)15/h2-9,17H,15H2,1H3. The van der Waals surface area contributed by atoms with E-state index in [-0.39, 0.29) is 11.9 Å². The van der Waals surface area contributed by atoms with E-state index in [9.17, 15) is 4.39 Å². The summed E-state index contributed by atoms with van der Waals surface area (Å²) in [6.45, 7) is 2.01. The van der Waals surface area contributed by atoms with Gasteiger partial charge in [0.25, 0.3) is 0 Å². The Morgan fingerprint density at radius 2 is 1.94 bits per heavy atom. The average Bonchev–Trinajstić information content (AvgIpc) is 2.34. The summed E-state index contributed by atoms with van der Waals surface area (Å²) >= 11 is 0. The zero-order chi connectivity index (χ0) is 12.3. The second-order valence-electron chi connectivity index (χ2n) is 3.88. The monoisotopic (exact) mass is 231 g/mol. The van der Waals surface area contributed by atoms with Gasteiger partial charge in [0, 0.05) is 18.4 Å². The number of hydrogen-bond donors (Lipinski definition) is 2. The van der Waals surface area contributed by atoms with Crippen LogP contribution in [0.3, 0.4) is 0 Å². The number of benzene rings is 1. The fraction of sp³-hybridized carbons (Fsp3) is 0.154. The van der Waals surface area contributed by atoms with Gasteiger partial charge >= 0.3 is 0 Å². The van der Waals surface area contributed by atoms with E-state index < -0.39 is 0 Å². The maximum absolute atomic E-state index is 12.9. The number of anilines is 2. The van der Waals surface area contributed by atoms with Crippen LogP contribution in [-0.2, 0) is 0 Å². The summed E-state index contributed by atoms with van der Waals surface area (Å²) in [6.07, 6.45) is 3.48. The number of nitrogens with two attached hydrogens (primary N) is 1. The molecular weight excluding hydrogens is 217 g/mol. The highest BCUT2D eigenvalue weighted by Crippen LogP contribution is 2.24. The molecule has 1 heterocycles. The number of nitrogens with zero attached hydrogens (tertiary/aromatic N) is 1. The molecule has 1 atom stereocenters. The van der Waals surface area contributed by atoms with E-state index in [2.05, 4.69) is 10.3 Å². The second-order valence-corrected chi connectivity index (χ2v) is 3.88. The Balaban J connectivity index is 2.16. The minimum absolute atomic E-state index is 0.0887. The first-order valence-corrected chi connectivity index (χ1v) is 5.38. The van der Waals surface area contributed by atoms with Crippen molar-refractivity contribution in [2.24, 2.45) is 0 Å². The Morgan fingerprint density at radius 1 is 1.24 bits per heavy atom. The van der Waals surface area contributed by atoms with Crippen LogP contribution < -0.4 is 11.1 Å². The number of nitrogens with one attached hydrogen (secondary N) is 1. The van der Waals surface area contributed by atoms with Gasteiger partial charge in [-0.2, -0.15) is 0 Å². The third kappa shape index (κ3) is 2.72. The molecule has 88 valence electrons. The second kappa shape index (κ2) is 4.82. The van der Waals surface area contributed by atoms with E-state index in [1.807, 2.05) is 19.1 Å². The van der Waals surface area contributed by atoms with Crippen LogP contribution in [0.15, 0.2) is 42.7 Å². The maximum atomic E-state index is 12.9. The predicted molar refractivity (Wildman–Crippen MR) is 67.1 cm³/mol. The molecule has 0 aliphatic rings. The van der Waals surface area contributed by atoms with Crippen molar-refractivity contribution in [3.63, 3.8) is 0 Å². The third-order valence-corrected chi connectivity index (χ3v) is 2.59. The number of hydrogen-bond acceptors (Lipinski definition) is 3. The summed E-state index contributed by atoms with van der Waals surface area (Å²) in [4.78, 5) is 3.96. The lowest BCUT2D eigenvalue weighted by atomic mass is 10.1. The van der Waals surface area contributed by atoms with Crippen LogP contribution in [0.1, 0.15) is 18.5 Å². The zero-order valence-corrected chi connectivity index (χ0v) is 9.52. The summed E-state index contributed by atoms with van der Waals surface area (Å²) in [6, 6.07) is 8.28. The van der Waals surface area contributed by atoms with Gasteiger partial charge in [-0.05, 0) is 42.8 Å². The predicted octanol–water partition coefficient (Wildman–Crippen LogP) is 2.98. The topological polar surface area (TPSA) is 50.9 Å². The van der Waals surface area contributed by atoms with Crippen LogP contribution in [0.4, 0.5) is 15.8 Å². The van der Waals surface area contributed by atoms with Gasteiger partial charge in [0.2, 0.25) is 0 Å². The van der Waals surface area contributed by atoms with Crippen molar-refractivity contribution < 1.29 is 4.39 Å². The smallest absolute Gasteiger partial charge is 0.125 e. The van der Waals surface area contributed by atoms with Crippen LogP contribution in [-0.4, -0.2) is 4.98 Å². The highest BCUT2D eigenvalue weighted by molar-refractivity contribution is 5.66. The van der Waals surface area contributed by atoms with E-state index >= 15 is 0 Å². The molecule has 1 aromatic heterocycles. The van der Waals surface area contributed by atoms with Crippen LogP contribution in [0.5, 0.6) is 0 Å². The van der Waals surface area contributed by atoms with Gasteiger partial charge in [-0.25, -0.2) is 4.39 Å². The number of pyridine rings is 1. The van der Waals surface area contributed by atoms with E-state index in [1.165, 1.54) is 12.1 Å². The lowest BCUT2D eigenvalue weighted by molar-refractivity contribution is 0.628. The molecule has 0 fully saturated rings. The maximum Gasteiger partial charge on any atom is 0.125 e. The molecule has 1 unspecified atom stereocenters. The summed E-state index contributed by atoms with van der Waals surface area (Å²) < 4.78 is 12.9. The van der Waals surface area contributed by atoms with Crippen LogP contribution in [0.2, 0.25) is 0 Å². The SMILES string of the molecule is CC(Nc1ccc(F)cc1N)c1ccncc1. The molecule has 3 N–H and O–H groups in total. The van der Waals surface area contributed by atoms with Gasteiger partial charge in [-0.1, -0.05) is 0 Å². The van der Waals surface area contributed by atoms with Gasteiger partial charge in [0.1, 0.15) is 5.82 Å². The average molecular weight is 231 g/mol. The minimum Gasteiger partial charge on any atom is -0.397 e.